The van der Waals surface area contributed by atoms with Crippen molar-refractivity contribution in [1.82, 2.24) is 9.80 Å². The third kappa shape index (κ3) is 13.3. The van der Waals surface area contributed by atoms with Gasteiger partial charge < -0.3 is 33.2 Å². The molecule has 13 rings (SSSR count). The highest BCUT2D eigenvalue weighted by Gasteiger charge is 2.60. The summed E-state index contributed by atoms with van der Waals surface area (Å²) in [4.78, 5) is 157. The van der Waals surface area contributed by atoms with Crippen LogP contribution < -0.4 is 4.74 Å². The summed E-state index contributed by atoms with van der Waals surface area (Å²) in [5.41, 5.74) is -5.14. The number of ether oxygens (including phenoxy) is 7. The fraction of sp³-hybridized carbons (Fsp3) is 0.139. The third-order valence-corrected chi connectivity index (χ3v) is 19.5. The minimum atomic E-state index is -2.94. The third-order valence-electron chi connectivity index (χ3n) is 17.4. The minimum absolute atomic E-state index is 0.0306. The quantitative estimate of drug-likeness (QED) is 0.0333. The van der Waals surface area contributed by atoms with Gasteiger partial charge in [0.1, 0.15) is 90.1 Å². The number of fused-ring (bicyclic) bond motifs is 6. The van der Waals surface area contributed by atoms with Crippen LogP contribution in [0.15, 0.2) is 239 Å². The molecule has 0 atom stereocenters. The Bertz CT molecular complexity index is 4810. The molecular formula is C79H54N6O17S2. The van der Waals surface area contributed by atoms with Gasteiger partial charge in [-0.2, -0.15) is 20.3 Å². The monoisotopic (exact) mass is 1420 g/mol. The van der Waals surface area contributed by atoms with Crippen LogP contribution in [0.4, 0.5) is 19.6 Å². The van der Waals surface area contributed by atoms with E-state index >= 15 is 19.2 Å². The van der Waals surface area contributed by atoms with E-state index in [1.54, 1.807) is 200 Å². The van der Waals surface area contributed by atoms with E-state index in [1.165, 1.54) is 32.0 Å². The molecule has 25 heteroatoms. The lowest BCUT2D eigenvalue weighted by molar-refractivity contribution is -0.184. The zero-order valence-corrected chi connectivity index (χ0v) is 56.7. The fourth-order valence-corrected chi connectivity index (χ4v) is 14.3. The number of rotatable bonds is 18. The second kappa shape index (κ2) is 29.5. The standard InChI is InChI=1S/C79H54N6O17S2/c1-46-57(38-80)68(86)84(76(94)100-44-52-29-17-7-18-30-52)70(88)64(46)82-62-35-59-66(103-62)55-34-61-56(33-54(55)37-78(59,72(90)96-40-48-21-9-3-10-22-48)73(91)97-41-49-23-11-4-12-24-49)67-60(79(102-61,74(92)98-42-50-25-13-5-14-26-50)75(93)99-43-51-27-15-6-16-28-51)36-63(104-67)83-65-47(2)58(39-81)69(87)85(71(65)89)77(95)101-45-53-31-19-8-20-32-53/h3-36H,37,40-45H2,1-2H3. The van der Waals surface area contributed by atoms with Crippen LogP contribution in [0.3, 0.4) is 0 Å². The first kappa shape index (κ1) is 69.1. The van der Waals surface area contributed by atoms with Crippen molar-refractivity contribution in [2.24, 2.45) is 9.98 Å². The number of imide groups is 6. The van der Waals surface area contributed by atoms with E-state index in [4.69, 9.17) is 43.1 Å². The molecule has 4 aliphatic rings. The van der Waals surface area contributed by atoms with Crippen LogP contribution in [-0.4, -0.2) is 80.9 Å². The molecule has 3 aliphatic heterocycles. The molecule has 0 fully saturated rings. The topological polar surface area (TPSA) is 314 Å². The molecule has 5 heterocycles. The Morgan fingerprint density at radius 1 is 0.433 bits per heavy atom. The fourth-order valence-electron chi connectivity index (χ4n) is 12.0. The Labute approximate surface area is 600 Å². The van der Waals surface area contributed by atoms with E-state index in [9.17, 15) is 39.3 Å². The van der Waals surface area contributed by atoms with Crippen LogP contribution in [0.5, 0.6) is 5.75 Å². The molecule has 23 nitrogen and oxygen atoms in total. The largest absolute Gasteiger partial charge is 0.460 e. The van der Waals surface area contributed by atoms with E-state index in [0.29, 0.717) is 33.4 Å². The molecule has 0 N–H and O–H groups in total. The molecule has 1 aliphatic carbocycles. The Morgan fingerprint density at radius 2 is 0.760 bits per heavy atom. The number of esters is 4. The van der Waals surface area contributed by atoms with Gasteiger partial charge in [-0.25, -0.2) is 29.2 Å². The number of carbonyl (C=O) groups excluding carboxylic acids is 10. The van der Waals surface area contributed by atoms with Gasteiger partial charge >= 0.3 is 41.7 Å². The molecule has 7 aromatic carbocycles. The van der Waals surface area contributed by atoms with Crippen LogP contribution >= 0.6 is 22.7 Å². The van der Waals surface area contributed by atoms with Gasteiger partial charge in [-0.3, -0.25) is 28.8 Å². The SMILES string of the molecule is CC1=C(C#N)C(=O)N(C(=O)OCc2ccccc2)C(=O)C1=Nc1cc2c(s1)-c1cc3c(cc1CC2(C(=O)OCc1ccccc1)C(=O)OCc1ccccc1)-c1sc(N=C2C(=O)N(C(=O)OCc4ccccc4)C(=O)C(C#N)=C2C)cc1C(C(=O)OCc1ccccc1)(C(=O)OCc1ccccc1)O3. The predicted molar refractivity (Wildman–Crippen MR) is 373 cm³/mol. The Morgan fingerprint density at radius 3 is 1.12 bits per heavy atom. The molecule has 0 unspecified atom stereocenters. The van der Waals surface area contributed by atoms with E-state index in [0.717, 1.165) is 22.7 Å². The molecule has 0 spiro atoms. The first-order valence-electron chi connectivity index (χ1n) is 32.0. The lowest BCUT2D eigenvalue weighted by Gasteiger charge is -2.37. The highest BCUT2D eigenvalue weighted by molar-refractivity contribution is 7.20. The number of hydrogen-bond acceptors (Lipinski definition) is 23. The number of nitrogens with zero attached hydrogens (tertiary/aromatic N) is 6. The van der Waals surface area contributed by atoms with Gasteiger partial charge in [0.15, 0.2) is 5.41 Å². The molecule has 0 bridgehead atoms. The number of aliphatic imine (C=N–C) groups is 2. The average molecular weight is 1420 g/mol. The number of nitriles is 2. The van der Waals surface area contributed by atoms with Gasteiger partial charge in [0, 0.05) is 44.0 Å². The summed E-state index contributed by atoms with van der Waals surface area (Å²) in [6, 6.07) is 60.1. The van der Waals surface area contributed by atoms with Crippen molar-refractivity contribution in [3.8, 4) is 38.8 Å². The van der Waals surface area contributed by atoms with Crippen molar-refractivity contribution >= 4 is 104 Å². The first-order chi connectivity index (χ1) is 50.4. The van der Waals surface area contributed by atoms with Crippen LogP contribution in [-0.2, 0) is 124 Å². The van der Waals surface area contributed by atoms with Crippen molar-refractivity contribution in [3.05, 3.63) is 279 Å². The maximum atomic E-state index is 15.8. The van der Waals surface area contributed by atoms with Crippen molar-refractivity contribution in [1.29, 1.82) is 10.5 Å². The van der Waals surface area contributed by atoms with E-state index in [-0.39, 0.29) is 101 Å². The second-order valence-corrected chi connectivity index (χ2v) is 26.0. The van der Waals surface area contributed by atoms with Crippen LogP contribution in [0, 0.1) is 22.7 Å². The molecule has 2 aromatic heterocycles. The van der Waals surface area contributed by atoms with Gasteiger partial charge in [-0.05, 0) is 82.6 Å². The normalized spacial score (nSPS) is 15.5. The molecule has 9 aromatic rings. The predicted octanol–water partition coefficient (Wildman–Crippen LogP) is 12.7. The van der Waals surface area contributed by atoms with Crippen molar-refractivity contribution < 1.29 is 81.1 Å². The maximum absolute atomic E-state index is 15.8. The van der Waals surface area contributed by atoms with Gasteiger partial charge in [-0.15, -0.1) is 22.7 Å². The van der Waals surface area contributed by atoms with Crippen molar-refractivity contribution in [2.75, 3.05) is 0 Å². The lowest BCUT2D eigenvalue weighted by Crippen LogP contribution is -2.52. The highest BCUT2D eigenvalue weighted by atomic mass is 32.1. The van der Waals surface area contributed by atoms with E-state index < -0.39 is 113 Å². The lowest BCUT2D eigenvalue weighted by atomic mass is 9.69. The smallest absolute Gasteiger partial charge is 0.424 e. The Kier molecular flexibility index (Phi) is 19.6. The first-order valence-corrected chi connectivity index (χ1v) is 33.6. The second-order valence-electron chi connectivity index (χ2n) is 23.9. The summed E-state index contributed by atoms with van der Waals surface area (Å²) in [6.45, 7) is 0.286. The summed E-state index contributed by atoms with van der Waals surface area (Å²) in [6.07, 6.45) is -3.40. The van der Waals surface area contributed by atoms with E-state index in [2.05, 4.69) is 0 Å². The summed E-state index contributed by atoms with van der Waals surface area (Å²) < 4.78 is 42.2. The van der Waals surface area contributed by atoms with E-state index in [1.807, 2.05) is 0 Å². The molecule has 0 saturated heterocycles. The molecule has 104 heavy (non-hydrogen) atoms. The number of thiophene rings is 2. The molecule has 514 valence electrons. The minimum Gasteiger partial charge on any atom is -0.460 e. The van der Waals surface area contributed by atoms with Crippen molar-refractivity contribution in [3.63, 3.8) is 0 Å². The summed E-state index contributed by atoms with van der Waals surface area (Å²) in [5.74, 6) is -10.2. The molecular weight excluding hydrogens is 1370 g/mol. The van der Waals surface area contributed by atoms with Gasteiger partial charge in [0.05, 0.1) is 0 Å². The maximum Gasteiger partial charge on any atom is 0.424 e. The van der Waals surface area contributed by atoms with Crippen molar-refractivity contribution in [2.45, 2.75) is 70.9 Å². The number of benzene rings is 7. The van der Waals surface area contributed by atoms with Crippen LogP contribution in [0.25, 0.3) is 20.9 Å². The van der Waals surface area contributed by atoms with Crippen LogP contribution in [0.1, 0.15) is 63.9 Å². The Balaban J connectivity index is 1.01. The highest BCUT2D eigenvalue weighted by Crippen LogP contribution is 2.58. The summed E-state index contributed by atoms with van der Waals surface area (Å²) in [5, 5.41) is 20.5. The number of amides is 6. The molecule has 6 amide bonds. The molecule has 0 saturated carbocycles. The van der Waals surface area contributed by atoms with Gasteiger partial charge in [0.2, 0.25) is 0 Å². The molecule has 0 radical (unpaired) electrons. The Hall–Kier alpha value is -13.4. The van der Waals surface area contributed by atoms with Gasteiger partial charge in [0.25, 0.3) is 23.6 Å². The summed E-state index contributed by atoms with van der Waals surface area (Å²) in [7, 11) is 0. The average Bonchev–Trinajstić information content (AvgIpc) is 1.40. The zero-order chi connectivity index (χ0) is 72.8. The summed E-state index contributed by atoms with van der Waals surface area (Å²) >= 11 is 1.58. The zero-order valence-electron chi connectivity index (χ0n) is 55.0. The van der Waals surface area contributed by atoms with Gasteiger partial charge in [-0.1, -0.05) is 182 Å². The number of hydrogen-bond donors (Lipinski definition) is 0. The number of carbonyl (C=O) groups is 10. The van der Waals surface area contributed by atoms with Crippen LogP contribution in [0.2, 0.25) is 0 Å².